The summed E-state index contributed by atoms with van der Waals surface area (Å²) in [6.07, 6.45) is 1.34. The molecule has 0 fully saturated rings. The quantitative estimate of drug-likeness (QED) is 0.881. The summed E-state index contributed by atoms with van der Waals surface area (Å²) in [6.45, 7) is 1.72. The van der Waals surface area contributed by atoms with Crippen molar-refractivity contribution in [2.24, 2.45) is 0 Å². The Hall–Kier alpha value is -1.67. The predicted octanol–water partition coefficient (Wildman–Crippen LogP) is 2.67. The largest absolute Gasteiger partial charge is 0.397 e. The number of nitrogens with zero attached hydrogens (tertiary/aromatic N) is 1. The number of halogens is 2. The van der Waals surface area contributed by atoms with E-state index in [1.54, 1.807) is 6.92 Å². The van der Waals surface area contributed by atoms with Crippen molar-refractivity contribution >= 4 is 37.5 Å². The van der Waals surface area contributed by atoms with Crippen LogP contribution >= 0.6 is 15.9 Å². The van der Waals surface area contributed by atoms with Gasteiger partial charge in [-0.1, -0.05) is 15.9 Å². The number of sulfonamides is 1. The van der Waals surface area contributed by atoms with Crippen LogP contribution in [-0.2, 0) is 10.0 Å². The van der Waals surface area contributed by atoms with Crippen LogP contribution in [0.1, 0.15) is 5.56 Å². The van der Waals surface area contributed by atoms with E-state index in [2.05, 4.69) is 25.6 Å². The average Bonchev–Trinajstić information content (AvgIpc) is 2.33. The average molecular weight is 360 g/mol. The maximum atomic E-state index is 13.7. The molecule has 1 aromatic heterocycles. The number of hydrogen-bond donors (Lipinski definition) is 2. The van der Waals surface area contributed by atoms with Gasteiger partial charge in [0.1, 0.15) is 16.5 Å². The highest BCUT2D eigenvalue weighted by atomic mass is 79.9. The first-order chi connectivity index (χ1) is 9.29. The molecular weight excluding hydrogens is 349 g/mol. The molecule has 0 radical (unpaired) electrons. The molecule has 0 amide bonds. The molecule has 0 saturated carbocycles. The van der Waals surface area contributed by atoms with Gasteiger partial charge < -0.3 is 5.73 Å². The fourth-order valence-corrected chi connectivity index (χ4v) is 2.90. The van der Waals surface area contributed by atoms with Crippen LogP contribution < -0.4 is 10.5 Å². The summed E-state index contributed by atoms with van der Waals surface area (Å²) in [5.74, 6) is -0.766. The van der Waals surface area contributed by atoms with Gasteiger partial charge in [-0.15, -0.1) is 0 Å². The Balaban J connectivity index is 2.38. The third kappa shape index (κ3) is 3.07. The van der Waals surface area contributed by atoms with E-state index in [1.165, 1.54) is 24.4 Å². The summed E-state index contributed by atoms with van der Waals surface area (Å²) in [4.78, 5) is 3.40. The number of nitrogen functional groups attached to an aromatic ring is 1. The Morgan fingerprint density at radius 1 is 1.35 bits per heavy atom. The van der Waals surface area contributed by atoms with Crippen LogP contribution in [0.5, 0.6) is 0 Å². The highest BCUT2D eigenvalue weighted by Gasteiger charge is 2.20. The maximum absolute atomic E-state index is 13.7. The second kappa shape index (κ2) is 5.37. The summed E-state index contributed by atoms with van der Waals surface area (Å²) >= 11 is 3.07. The van der Waals surface area contributed by atoms with Crippen LogP contribution in [0.3, 0.4) is 0 Å². The molecule has 0 spiro atoms. The Bertz CT molecular complexity index is 765. The van der Waals surface area contributed by atoms with Gasteiger partial charge in [0, 0.05) is 4.47 Å². The summed E-state index contributed by atoms with van der Waals surface area (Å²) in [5.41, 5.74) is 6.72. The molecule has 0 aliphatic heterocycles. The first-order valence-corrected chi connectivity index (χ1v) is 7.77. The predicted molar refractivity (Wildman–Crippen MR) is 78.3 cm³/mol. The van der Waals surface area contributed by atoms with Crippen molar-refractivity contribution in [2.45, 2.75) is 11.8 Å². The van der Waals surface area contributed by atoms with Crippen molar-refractivity contribution in [3.05, 3.63) is 46.3 Å². The monoisotopic (exact) mass is 359 g/mol. The van der Waals surface area contributed by atoms with Gasteiger partial charge in [0.15, 0.2) is 0 Å². The first-order valence-electron chi connectivity index (χ1n) is 5.49. The van der Waals surface area contributed by atoms with Gasteiger partial charge in [0.25, 0.3) is 10.0 Å². The molecule has 0 bridgehead atoms. The number of aromatic nitrogens is 1. The van der Waals surface area contributed by atoms with E-state index in [4.69, 9.17) is 5.73 Å². The molecule has 0 unspecified atom stereocenters. The Morgan fingerprint density at radius 3 is 2.65 bits per heavy atom. The zero-order valence-electron chi connectivity index (χ0n) is 10.4. The molecule has 0 aliphatic carbocycles. The van der Waals surface area contributed by atoms with Gasteiger partial charge in [-0.3, -0.25) is 4.72 Å². The van der Waals surface area contributed by atoms with Gasteiger partial charge in [0.05, 0.1) is 11.9 Å². The molecule has 0 aliphatic rings. The van der Waals surface area contributed by atoms with E-state index < -0.39 is 20.7 Å². The molecule has 0 saturated heterocycles. The van der Waals surface area contributed by atoms with Crippen molar-refractivity contribution in [3.8, 4) is 0 Å². The van der Waals surface area contributed by atoms with E-state index in [0.717, 1.165) is 6.07 Å². The number of nitrogens with one attached hydrogen (secondary N) is 1. The van der Waals surface area contributed by atoms with Crippen molar-refractivity contribution in [2.75, 3.05) is 10.5 Å². The topological polar surface area (TPSA) is 85.1 Å². The lowest BCUT2D eigenvalue weighted by molar-refractivity contribution is 0.569. The molecule has 3 N–H and O–H groups in total. The van der Waals surface area contributed by atoms with E-state index in [-0.39, 0.29) is 5.82 Å². The van der Waals surface area contributed by atoms with E-state index in [9.17, 15) is 12.8 Å². The lowest BCUT2D eigenvalue weighted by Crippen LogP contribution is -2.15. The molecular formula is C12H11BrFN3O2S. The molecule has 106 valence electrons. The maximum Gasteiger partial charge on any atom is 0.265 e. The number of nitrogens with two attached hydrogens (primary N) is 1. The summed E-state index contributed by atoms with van der Waals surface area (Å²) < 4.78 is 40.6. The standard InChI is InChI=1S/C12H11BrFN3O2S/c1-7-4-12(16-6-10(7)15)17-20(18,19)11-3-2-8(13)5-9(11)14/h2-6H,15H2,1H3,(H,16,17). The Morgan fingerprint density at radius 2 is 2.05 bits per heavy atom. The number of aryl methyl sites for hydroxylation is 1. The van der Waals surface area contributed by atoms with Crippen LogP contribution in [0.25, 0.3) is 0 Å². The fourth-order valence-electron chi connectivity index (χ4n) is 1.51. The molecule has 20 heavy (non-hydrogen) atoms. The van der Waals surface area contributed by atoms with Crippen molar-refractivity contribution < 1.29 is 12.8 Å². The van der Waals surface area contributed by atoms with E-state index in [0.29, 0.717) is 15.7 Å². The van der Waals surface area contributed by atoms with Gasteiger partial charge in [-0.2, -0.15) is 0 Å². The number of benzene rings is 1. The Kier molecular flexibility index (Phi) is 3.96. The van der Waals surface area contributed by atoms with Crippen LogP contribution in [0.15, 0.2) is 39.8 Å². The zero-order chi connectivity index (χ0) is 14.9. The van der Waals surface area contributed by atoms with Crippen molar-refractivity contribution in [1.82, 2.24) is 4.98 Å². The van der Waals surface area contributed by atoms with Gasteiger partial charge in [-0.05, 0) is 36.8 Å². The molecule has 2 aromatic rings. The summed E-state index contributed by atoms with van der Waals surface area (Å²) in [6, 6.07) is 5.17. The zero-order valence-corrected chi connectivity index (χ0v) is 12.8. The minimum Gasteiger partial charge on any atom is -0.397 e. The van der Waals surface area contributed by atoms with Gasteiger partial charge >= 0.3 is 0 Å². The molecule has 1 heterocycles. The van der Waals surface area contributed by atoms with E-state index in [1.807, 2.05) is 0 Å². The molecule has 2 rings (SSSR count). The summed E-state index contributed by atoms with van der Waals surface area (Å²) in [5, 5.41) is 0. The smallest absolute Gasteiger partial charge is 0.265 e. The Labute approximate surface area is 124 Å². The van der Waals surface area contributed by atoms with Crippen molar-refractivity contribution in [1.29, 1.82) is 0 Å². The minimum atomic E-state index is -4.04. The third-order valence-electron chi connectivity index (χ3n) is 2.57. The van der Waals surface area contributed by atoms with Crippen LogP contribution in [0.2, 0.25) is 0 Å². The normalized spacial score (nSPS) is 11.3. The number of anilines is 2. The lowest BCUT2D eigenvalue weighted by Gasteiger charge is -2.09. The second-order valence-corrected chi connectivity index (χ2v) is 6.67. The molecule has 0 atom stereocenters. The summed E-state index contributed by atoms with van der Waals surface area (Å²) in [7, 11) is -4.04. The number of pyridine rings is 1. The molecule has 8 heteroatoms. The SMILES string of the molecule is Cc1cc(NS(=O)(=O)c2ccc(Br)cc2F)ncc1N. The van der Waals surface area contributed by atoms with Crippen LogP contribution in [-0.4, -0.2) is 13.4 Å². The van der Waals surface area contributed by atoms with Gasteiger partial charge in [0.2, 0.25) is 0 Å². The fraction of sp³-hybridized carbons (Fsp3) is 0.0833. The molecule has 1 aromatic carbocycles. The highest BCUT2D eigenvalue weighted by Crippen LogP contribution is 2.22. The molecule has 5 nitrogen and oxygen atoms in total. The number of hydrogen-bond acceptors (Lipinski definition) is 4. The minimum absolute atomic E-state index is 0.0824. The van der Waals surface area contributed by atoms with Gasteiger partial charge in [-0.25, -0.2) is 17.8 Å². The second-order valence-electron chi connectivity index (χ2n) is 4.11. The highest BCUT2D eigenvalue weighted by molar-refractivity contribution is 9.10. The van der Waals surface area contributed by atoms with E-state index >= 15 is 0 Å². The van der Waals surface area contributed by atoms with Crippen LogP contribution in [0, 0.1) is 12.7 Å². The number of rotatable bonds is 3. The van der Waals surface area contributed by atoms with Crippen LogP contribution in [0.4, 0.5) is 15.9 Å². The van der Waals surface area contributed by atoms with Crippen molar-refractivity contribution in [3.63, 3.8) is 0 Å². The third-order valence-corrected chi connectivity index (χ3v) is 4.45. The first kappa shape index (κ1) is 14.7. The lowest BCUT2D eigenvalue weighted by atomic mass is 10.2.